The maximum Gasteiger partial charge on any atom is 0.225 e. The lowest BCUT2D eigenvalue weighted by molar-refractivity contribution is -0.125. The van der Waals surface area contributed by atoms with Gasteiger partial charge in [-0.15, -0.1) is 0 Å². The average Bonchev–Trinajstić information content (AvgIpc) is 3.36. The first-order chi connectivity index (χ1) is 14.6. The van der Waals surface area contributed by atoms with Crippen LogP contribution < -0.4 is 20.7 Å². The molecule has 0 aromatic heterocycles. The molecule has 1 saturated carbocycles. The van der Waals surface area contributed by atoms with Crippen LogP contribution >= 0.6 is 0 Å². The van der Waals surface area contributed by atoms with Crippen LogP contribution in [-0.2, 0) is 4.79 Å². The number of nitrogens with zero attached hydrogens (tertiary/aromatic N) is 2. The first-order valence-electron chi connectivity index (χ1n) is 10.1. The summed E-state index contributed by atoms with van der Waals surface area (Å²) in [7, 11) is 1.63. The molecular weight excluding hydrogens is 385 g/mol. The van der Waals surface area contributed by atoms with Gasteiger partial charge in [-0.2, -0.15) is 0 Å². The molecule has 30 heavy (non-hydrogen) atoms. The molecule has 6 unspecified atom stereocenters. The molecule has 3 aliphatic rings. The fourth-order valence-electron chi connectivity index (χ4n) is 4.34. The van der Waals surface area contributed by atoms with Gasteiger partial charge >= 0.3 is 0 Å². The Balaban J connectivity index is 1.47. The molecule has 8 heteroatoms. The van der Waals surface area contributed by atoms with Gasteiger partial charge in [0, 0.05) is 31.1 Å². The fraction of sp³-hybridized carbons (Fsp3) is 0.409. The second kappa shape index (κ2) is 8.69. The number of halogens is 1. The van der Waals surface area contributed by atoms with Gasteiger partial charge in [0.05, 0.1) is 5.92 Å². The van der Waals surface area contributed by atoms with Gasteiger partial charge < -0.3 is 20.7 Å². The Morgan fingerprint density at radius 3 is 2.97 bits per heavy atom. The van der Waals surface area contributed by atoms with Crippen LogP contribution in [0.4, 0.5) is 10.1 Å². The summed E-state index contributed by atoms with van der Waals surface area (Å²) in [4.78, 5) is 21.0. The van der Waals surface area contributed by atoms with Crippen LogP contribution in [0.3, 0.4) is 0 Å². The molecule has 6 atom stereocenters. The lowest BCUT2D eigenvalue weighted by atomic mass is 9.88. The number of hydrogen-bond acceptors (Lipinski definition) is 6. The number of carbonyl (C=O) groups is 1. The average molecular weight is 411 g/mol. The van der Waals surface area contributed by atoms with Crippen molar-refractivity contribution in [2.24, 2.45) is 27.7 Å². The van der Waals surface area contributed by atoms with Gasteiger partial charge in [0.1, 0.15) is 18.2 Å². The van der Waals surface area contributed by atoms with Gasteiger partial charge in [0.15, 0.2) is 6.17 Å². The molecule has 2 bridgehead atoms. The zero-order valence-corrected chi connectivity index (χ0v) is 16.8. The third kappa shape index (κ3) is 4.08. The van der Waals surface area contributed by atoms with Gasteiger partial charge in [-0.3, -0.25) is 4.79 Å². The summed E-state index contributed by atoms with van der Waals surface area (Å²) in [6.07, 6.45) is 5.91. The number of anilines is 1. The first-order valence-corrected chi connectivity index (χ1v) is 10.1. The minimum Gasteiger partial charge on any atom is -0.489 e. The van der Waals surface area contributed by atoms with E-state index in [0.717, 1.165) is 12.1 Å². The fourth-order valence-corrected chi connectivity index (χ4v) is 4.34. The van der Waals surface area contributed by atoms with E-state index in [1.54, 1.807) is 13.1 Å². The summed E-state index contributed by atoms with van der Waals surface area (Å²) in [5.74, 6) is 0.987. The quantitative estimate of drug-likeness (QED) is 0.601. The number of fused-ring (bicyclic) bond motifs is 2. The van der Waals surface area contributed by atoms with E-state index in [-0.39, 0.29) is 35.5 Å². The molecule has 1 heterocycles. The summed E-state index contributed by atoms with van der Waals surface area (Å²) in [6, 6.07) is 7.20. The van der Waals surface area contributed by atoms with Crippen LogP contribution in [-0.4, -0.2) is 50.1 Å². The minimum atomic E-state index is -1.43. The van der Waals surface area contributed by atoms with Crippen molar-refractivity contribution < 1.29 is 13.9 Å². The van der Waals surface area contributed by atoms with Crippen molar-refractivity contribution in [3.05, 3.63) is 49.1 Å². The maximum atomic E-state index is 14.6. The minimum absolute atomic E-state index is 0.0316. The molecule has 1 aromatic rings. The molecule has 3 N–H and O–H groups in total. The number of rotatable bonds is 7. The smallest absolute Gasteiger partial charge is 0.225 e. The Bertz CT molecular complexity index is 899. The zero-order valence-electron chi connectivity index (χ0n) is 16.8. The van der Waals surface area contributed by atoms with Crippen LogP contribution in [0.15, 0.2) is 59.1 Å². The molecular formula is C22H26FN5O2. The normalized spacial score (nSPS) is 31.2. The second-order valence-corrected chi connectivity index (χ2v) is 7.62. The number of amidine groups is 1. The maximum absolute atomic E-state index is 14.6. The van der Waals surface area contributed by atoms with Crippen molar-refractivity contribution in [3.63, 3.8) is 0 Å². The standard InChI is InChI=1S/C22H26FN5O2/c1-3-9-30-16-6-4-5-15(11-16)26-22-25-12-17(23)20(28-22)27-19-14-8-7-13(10-14)18(19)21(29)24-2/h3-8,11-14,17-19,22,26H,1,9-10H2,2H3,(H,24,29)(H,27,28). The zero-order chi connectivity index (χ0) is 21.1. The predicted octanol–water partition coefficient (Wildman–Crippen LogP) is 2.29. The molecule has 1 amide bonds. The van der Waals surface area contributed by atoms with Gasteiger partial charge in [-0.05, 0) is 30.4 Å². The summed E-state index contributed by atoms with van der Waals surface area (Å²) in [6.45, 7) is 4.04. The van der Waals surface area contributed by atoms with E-state index in [9.17, 15) is 9.18 Å². The molecule has 1 fully saturated rings. The van der Waals surface area contributed by atoms with E-state index in [1.807, 2.05) is 24.3 Å². The summed E-state index contributed by atoms with van der Waals surface area (Å²) < 4.78 is 20.1. The summed E-state index contributed by atoms with van der Waals surface area (Å²) in [5.41, 5.74) is 0.755. The monoisotopic (exact) mass is 411 g/mol. The van der Waals surface area contributed by atoms with Crippen molar-refractivity contribution in [2.45, 2.75) is 24.9 Å². The highest BCUT2D eigenvalue weighted by Gasteiger charge is 2.48. The largest absolute Gasteiger partial charge is 0.489 e. The van der Waals surface area contributed by atoms with Crippen molar-refractivity contribution in [2.75, 3.05) is 19.0 Å². The Morgan fingerprint density at radius 2 is 2.17 bits per heavy atom. The highest BCUT2D eigenvalue weighted by molar-refractivity contribution is 6.01. The van der Waals surface area contributed by atoms with Crippen molar-refractivity contribution in [3.8, 4) is 5.75 Å². The number of aliphatic imine (C=N–C) groups is 2. The van der Waals surface area contributed by atoms with Gasteiger partial charge in [0.25, 0.3) is 0 Å². The van der Waals surface area contributed by atoms with Gasteiger partial charge in [-0.1, -0.05) is 30.9 Å². The third-order valence-corrected chi connectivity index (χ3v) is 5.70. The molecule has 0 radical (unpaired) electrons. The van der Waals surface area contributed by atoms with Crippen LogP contribution in [0.25, 0.3) is 0 Å². The molecule has 0 saturated heterocycles. The van der Waals surface area contributed by atoms with Crippen molar-refractivity contribution >= 4 is 23.6 Å². The third-order valence-electron chi connectivity index (χ3n) is 5.70. The lowest BCUT2D eigenvalue weighted by Crippen LogP contribution is -2.51. The van der Waals surface area contributed by atoms with Crippen molar-refractivity contribution in [1.29, 1.82) is 0 Å². The number of carbonyl (C=O) groups excluding carboxylic acids is 1. The van der Waals surface area contributed by atoms with Crippen LogP contribution in [0, 0.1) is 17.8 Å². The van der Waals surface area contributed by atoms with E-state index in [4.69, 9.17) is 4.74 Å². The highest BCUT2D eigenvalue weighted by Crippen LogP contribution is 2.44. The molecule has 1 aromatic carbocycles. The number of alkyl halides is 1. The second-order valence-electron chi connectivity index (χ2n) is 7.62. The highest BCUT2D eigenvalue weighted by atomic mass is 19.1. The molecule has 1 aliphatic heterocycles. The molecule has 7 nitrogen and oxygen atoms in total. The van der Waals surface area contributed by atoms with E-state index in [2.05, 4.69) is 44.7 Å². The molecule has 158 valence electrons. The number of nitrogens with one attached hydrogen (secondary N) is 3. The topological polar surface area (TPSA) is 87.1 Å². The Labute approximate surface area is 175 Å². The van der Waals surface area contributed by atoms with Gasteiger partial charge in [-0.25, -0.2) is 14.4 Å². The number of allylic oxidation sites excluding steroid dienone is 1. The number of hydrogen-bond donors (Lipinski definition) is 3. The SMILES string of the molecule is C=CCOc1cccc(NC2N=CC(F)C(NC3C4C=CC(C4)C3C(=O)NC)=N2)c1. The van der Waals surface area contributed by atoms with Crippen LogP contribution in [0.2, 0.25) is 0 Å². The van der Waals surface area contributed by atoms with Gasteiger partial charge in [0.2, 0.25) is 12.2 Å². The Kier molecular flexibility index (Phi) is 5.83. The van der Waals surface area contributed by atoms with Crippen LogP contribution in [0.1, 0.15) is 6.42 Å². The number of benzene rings is 1. The summed E-state index contributed by atoms with van der Waals surface area (Å²) >= 11 is 0. The first kappa shape index (κ1) is 20.1. The van der Waals surface area contributed by atoms with E-state index >= 15 is 0 Å². The summed E-state index contributed by atoms with van der Waals surface area (Å²) in [5, 5.41) is 9.10. The van der Waals surface area contributed by atoms with E-state index in [1.165, 1.54) is 6.21 Å². The Morgan fingerprint density at radius 1 is 1.33 bits per heavy atom. The number of ether oxygens (including phenoxy) is 1. The van der Waals surface area contributed by atoms with E-state index in [0.29, 0.717) is 12.4 Å². The van der Waals surface area contributed by atoms with E-state index < -0.39 is 12.5 Å². The molecule has 2 aliphatic carbocycles. The predicted molar refractivity (Wildman–Crippen MR) is 116 cm³/mol. The lowest BCUT2D eigenvalue weighted by Gasteiger charge is -2.30. The molecule has 0 spiro atoms. The van der Waals surface area contributed by atoms with Crippen molar-refractivity contribution in [1.82, 2.24) is 10.6 Å². The molecule has 4 rings (SSSR count). The number of amides is 1. The van der Waals surface area contributed by atoms with Crippen LogP contribution in [0.5, 0.6) is 5.75 Å². The Hall–Kier alpha value is -3.16.